The number of anilines is 3. The lowest BCUT2D eigenvalue weighted by atomic mass is 9.99. The number of hydrogen-bond acceptors (Lipinski definition) is 11. The second kappa shape index (κ2) is 18.9. The molecule has 0 aliphatic carbocycles. The van der Waals surface area contributed by atoms with Crippen molar-refractivity contribution in [2.75, 3.05) is 46.9 Å². The lowest BCUT2D eigenvalue weighted by molar-refractivity contribution is -0.384. The van der Waals surface area contributed by atoms with E-state index in [0.717, 1.165) is 60.5 Å². The molecule has 0 radical (unpaired) electrons. The summed E-state index contributed by atoms with van der Waals surface area (Å²) in [6.07, 6.45) is 1.32. The Labute approximate surface area is 365 Å². The molecule has 1 amide bonds. The maximum absolute atomic E-state index is 13.8. The molecular formula is C45H47ClN8O5S2. The van der Waals surface area contributed by atoms with Gasteiger partial charge in [-0.2, -0.15) is 0 Å². The number of nitrogens with one attached hydrogen (secondary N) is 3. The molecular weight excluding hydrogens is 832 g/mol. The Morgan fingerprint density at radius 3 is 2.33 bits per heavy atom. The highest BCUT2D eigenvalue weighted by atomic mass is 35.5. The van der Waals surface area contributed by atoms with E-state index in [2.05, 4.69) is 53.3 Å². The van der Waals surface area contributed by atoms with Gasteiger partial charge in [-0.3, -0.25) is 24.5 Å². The molecule has 0 spiro atoms. The number of amides is 1. The molecule has 3 N–H and O–H groups in total. The van der Waals surface area contributed by atoms with E-state index in [1.165, 1.54) is 35.8 Å². The van der Waals surface area contributed by atoms with E-state index in [0.29, 0.717) is 21.7 Å². The quantitative estimate of drug-likeness (QED) is 0.0513. The lowest BCUT2D eigenvalue weighted by Gasteiger charge is -2.36. The molecule has 1 fully saturated rings. The van der Waals surface area contributed by atoms with Gasteiger partial charge in [-0.05, 0) is 92.1 Å². The van der Waals surface area contributed by atoms with Crippen molar-refractivity contribution >= 4 is 73.1 Å². The van der Waals surface area contributed by atoms with Gasteiger partial charge >= 0.3 is 0 Å². The second-order valence-electron chi connectivity index (χ2n) is 15.9. The van der Waals surface area contributed by atoms with E-state index in [1.54, 1.807) is 6.07 Å². The number of carbonyl (C=O) groups is 1. The average molecular weight is 880 g/mol. The molecule has 1 atom stereocenters. The summed E-state index contributed by atoms with van der Waals surface area (Å²) in [5, 5.41) is 19.7. The van der Waals surface area contributed by atoms with Crippen LogP contribution in [0.15, 0.2) is 131 Å². The third kappa shape index (κ3) is 11.4. The molecule has 16 heteroatoms. The van der Waals surface area contributed by atoms with Crippen LogP contribution in [0.2, 0.25) is 5.02 Å². The molecule has 1 aromatic heterocycles. The van der Waals surface area contributed by atoms with Crippen LogP contribution >= 0.6 is 23.4 Å². The number of carbonyl (C=O) groups excluding carboxylic acids is 1. The zero-order valence-electron chi connectivity index (χ0n) is 34.0. The molecule has 1 aliphatic heterocycles. The largest absolute Gasteiger partial charge is 0.375 e. The highest BCUT2D eigenvalue weighted by Crippen LogP contribution is 2.33. The molecule has 316 valence electrons. The second-order valence-corrected chi connectivity index (χ2v) is 19.1. The van der Waals surface area contributed by atoms with Crippen LogP contribution < -0.4 is 20.3 Å². The topological polar surface area (TPSA) is 163 Å². The van der Waals surface area contributed by atoms with Crippen LogP contribution in [0.5, 0.6) is 0 Å². The van der Waals surface area contributed by atoms with Crippen LogP contribution in [0.25, 0.3) is 22.0 Å². The Kier molecular flexibility index (Phi) is 13.4. The summed E-state index contributed by atoms with van der Waals surface area (Å²) < 4.78 is 30.1. The fourth-order valence-corrected chi connectivity index (χ4v) is 9.43. The van der Waals surface area contributed by atoms with Gasteiger partial charge in [-0.1, -0.05) is 66.2 Å². The normalized spacial score (nSPS) is 14.1. The summed E-state index contributed by atoms with van der Waals surface area (Å²) in [6.45, 7) is 9.60. The minimum absolute atomic E-state index is 0.0362. The zero-order valence-corrected chi connectivity index (χ0v) is 36.4. The first-order valence-corrected chi connectivity index (χ1v) is 22.7. The Bertz CT molecular complexity index is 2620. The van der Waals surface area contributed by atoms with E-state index in [1.807, 2.05) is 93.6 Å². The van der Waals surface area contributed by atoms with Gasteiger partial charge in [0.15, 0.2) is 5.82 Å². The molecule has 2 heterocycles. The van der Waals surface area contributed by atoms with Crippen LogP contribution in [0, 0.1) is 10.1 Å². The van der Waals surface area contributed by atoms with Gasteiger partial charge in [0.25, 0.3) is 15.7 Å². The van der Waals surface area contributed by atoms with Gasteiger partial charge in [-0.25, -0.2) is 18.4 Å². The van der Waals surface area contributed by atoms with Crippen LogP contribution in [-0.2, 0) is 21.4 Å². The third-order valence-corrected chi connectivity index (χ3v) is 12.9. The number of aromatic nitrogens is 2. The van der Waals surface area contributed by atoms with Gasteiger partial charge in [0.05, 0.1) is 15.3 Å². The number of piperazine rings is 1. The Morgan fingerprint density at radius 2 is 1.62 bits per heavy atom. The van der Waals surface area contributed by atoms with E-state index >= 15 is 0 Å². The molecule has 0 saturated carbocycles. The minimum Gasteiger partial charge on any atom is -0.375 e. The highest BCUT2D eigenvalue weighted by molar-refractivity contribution is 7.99. The van der Waals surface area contributed by atoms with E-state index in [-0.39, 0.29) is 28.7 Å². The molecule has 6 aromatic rings. The van der Waals surface area contributed by atoms with E-state index in [9.17, 15) is 23.3 Å². The molecule has 1 aliphatic rings. The third-order valence-electron chi connectivity index (χ3n) is 10.1. The molecule has 0 bridgehead atoms. The summed E-state index contributed by atoms with van der Waals surface area (Å²) in [7, 11) is -4.34. The average Bonchev–Trinajstić information content (AvgIpc) is 3.23. The number of nitrogens with zero attached hydrogens (tertiary/aromatic N) is 5. The molecule has 13 nitrogen and oxygen atoms in total. The number of thioether (sulfide) groups is 1. The standard InChI is InChI=1S/C45H47ClN8O5S2/c1-45(2,3)50-43(55)25-34(29-60-36-12-8-5-9-13-36)49-40-19-16-37(27-42(40)54(56)57)61(58,59)51-44-39-18-15-35(26-41(39)47-30-48-44)53-22-20-52(21-23-53)28-32-24-33(46)14-17-38(32)31-10-6-4-7-11-31/h4-19,24,26-27,30,34,49H,20-23,25,28-29H2,1-3H3,(H,50,55)(H,47,48,51)/t34-/m1/s1. The number of hydrogen-bond donors (Lipinski definition) is 3. The SMILES string of the molecule is CC(C)(C)NC(=O)C[C@H](CSc1ccccc1)Nc1ccc(S(=O)(=O)Nc2ncnc3cc(N4CCN(Cc5cc(Cl)ccc5-c5ccccc5)CC4)ccc23)cc1[N+](=O)[O-]. The van der Waals surface area contributed by atoms with Crippen molar-refractivity contribution in [1.82, 2.24) is 20.2 Å². The number of sulfonamides is 1. The summed E-state index contributed by atoms with van der Waals surface area (Å²) in [6, 6.07) is 34.7. The number of fused-ring (bicyclic) bond motifs is 1. The van der Waals surface area contributed by atoms with Crippen LogP contribution in [-0.4, -0.2) is 77.6 Å². The van der Waals surface area contributed by atoms with Gasteiger partial charge < -0.3 is 15.5 Å². The fraction of sp³-hybridized carbons (Fsp3) is 0.267. The maximum Gasteiger partial charge on any atom is 0.293 e. The summed E-state index contributed by atoms with van der Waals surface area (Å²) >= 11 is 7.93. The molecule has 5 aromatic carbocycles. The van der Waals surface area contributed by atoms with Crippen molar-refractivity contribution in [2.24, 2.45) is 0 Å². The number of benzene rings is 5. The smallest absolute Gasteiger partial charge is 0.293 e. The summed E-state index contributed by atoms with van der Waals surface area (Å²) in [5.74, 6) is 0.239. The highest BCUT2D eigenvalue weighted by Gasteiger charge is 2.27. The van der Waals surface area contributed by atoms with Gasteiger partial charge in [-0.15, -0.1) is 11.8 Å². The Balaban J connectivity index is 1.04. The van der Waals surface area contributed by atoms with Gasteiger partial charge in [0.1, 0.15) is 12.0 Å². The molecule has 0 unspecified atom stereocenters. The number of rotatable bonds is 15. The first kappa shape index (κ1) is 43.4. The molecule has 7 rings (SSSR count). The summed E-state index contributed by atoms with van der Waals surface area (Å²) in [4.78, 5) is 38.7. The first-order chi connectivity index (χ1) is 29.2. The van der Waals surface area contributed by atoms with E-state index < -0.39 is 32.2 Å². The Hall–Kier alpha value is -5.74. The zero-order chi connectivity index (χ0) is 43.1. The minimum atomic E-state index is -4.34. The van der Waals surface area contributed by atoms with Crippen LogP contribution in [0.3, 0.4) is 0 Å². The first-order valence-electron chi connectivity index (χ1n) is 19.8. The monoisotopic (exact) mass is 878 g/mol. The Morgan fingerprint density at radius 1 is 0.902 bits per heavy atom. The van der Waals surface area contributed by atoms with Crippen LogP contribution in [0.4, 0.5) is 22.9 Å². The predicted molar refractivity (Wildman–Crippen MR) is 245 cm³/mol. The lowest BCUT2D eigenvalue weighted by Crippen LogP contribution is -2.46. The number of halogens is 1. The summed E-state index contributed by atoms with van der Waals surface area (Å²) in [5.41, 5.74) is 4.15. The molecule has 61 heavy (non-hydrogen) atoms. The van der Waals surface area contributed by atoms with Crippen molar-refractivity contribution in [3.05, 3.63) is 142 Å². The van der Waals surface area contributed by atoms with Crippen molar-refractivity contribution in [3.8, 4) is 11.1 Å². The van der Waals surface area contributed by atoms with Gasteiger partial charge in [0.2, 0.25) is 5.91 Å². The number of nitro benzene ring substituents is 1. The predicted octanol–water partition coefficient (Wildman–Crippen LogP) is 8.86. The maximum atomic E-state index is 13.8. The fourth-order valence-electron chi connectivity index (χ4n) is 7.24. The van der Waals surface area contributed by atoms with Gasteiger partial charge in [0, 0.05) is 83.5 Å². The van der Waals surface area contributed by atoms with Crippen molar-refractivity contribution < 1.29 is 18.1 Å². The van der Waals surface area contributed by atoms with E-state index in [4.69, 9.17) is 11.6 Å². The number of nitro groups is 1. The van der Waals surface area contributed by atoms with Crippen LogP contribution in [0.1, 0.15) is 32.8 Å². The molecule has 1 saturated heterocycles. The van der Waals surface area contributed by atoms with Crippen molar-refractivity contribution in [2.45, 2.75) is 55.1 Å². The van der Waals surface area contributed by atoms with Crippen molar-refractivity contribution in [3.63, 3.8) is 0 Å². The van der Waals surface area contributed by atoms with Crippen molar-refractivity contribution in [1.29, 1.82) is 0 Å².